The minimum atomic E-state index is -0.0377. The zero-order valence-electron chi connectivity index (χ0n) is 14.3. The van der Waals surface area contributed by atoms with E-state index >= 15 is 0 Å². The number of benzene rings is 1. The predicted octanol–water partition coefficient (Wildman–Crippen LogP) is 2.43. The van der Waals surface area contributed by atoms with Crippen molar-refractivity contribution in [1.82, 2.24) is 9.55 Å². The normalized spacial score (nSPS) is 15.8. The van der Waals surface area contributed by atoms with Crippen molar-refractivity contribution in [1.29, 1.82) is 0 Å². The summed E-state index contributed by atoms with van der Waals surface area (Å²) < 4.78 is 1.56. The standard InChI is InChI=1S/C19H21N3O2S/c1-25-19-20-15-9-4-8-14(15)18(24)22(19)12-17(23)21-11-5-7-13-6-2-3-10-16(13)21/h2-3,6,10H,4-5,7-9,11-12H2,1H3. The van der Waals surface area contributed by atoms with E-state index in [2.05, 4.69) is 11.1 Å². The molecule has 1 aromatic carbocycles. The van der Waals surface area contributed by atoms with Crippen LogP contribution in [-0.4, -0.2) is 28.3 Å². The van der Waals surface area contributed by atoms with E-state index in [4.69, 9.17) is 0 Å². The van der Waals surface area contributed by atoms with Crippen molar-refractivity contribution < 1.29 is 4.79 Å². The molecule has 0 N–H and O–H groups in total. The second kappa shape index (κ2) is 6.67. The van der Waals surface area contributed by atoms with Crippen LogP contribution in [0.15, 0.2) is 34.2 Å². The van der Waals surface area contributed by atoms with Gasteiger partial charge in [0.05, 0.1) is 5.69 Å². The molecular formula is C19H21N3O2S. The maximum absolute atomic E-state index is 13.0. The summed E-state index contributed by atoms with van der Waals surface area (Å²) in [4.78, 5) is 32.3. The zero-order chi connectivity index (χ0) is 17.4. The fourth-order valence-corrected chi connectivity index (χ4v) is 4.39. The lowest BCUT2D eigenvalue weighted by atomic mass is 10.0. The molecule has 4 rings (SSSR count). The summed E-state index contributed by atoms with van der Waals surface area (Å²) in [6.45, 7) is 0.765. The van der Waals surface area contributed by atoms with E-state index in [0.717, 1.165) is 49.0 Å². The van der Waals surface area contributed by atoms with Crippen LogP contribution in [0.3, 0.4) is 0 Å². The number of aryl methyl sites for hydroxylation is 2. The van der Waals surface area contributed by atoms with Gasteiger partial charge < -0.3 is 4.90 Å². The topological polar surface area (TPSA) is 55.2 Å². The van der Waals surface area contributed by atoms with Crippen LogP contribution in [0.25, 0.3) is 0 Å². The van der Waals surface area contributed by atoms with Gasteiger partial charge in [0.2, 0.25) is 5.91 Å². The molecule has 1 aromatic heterocycles. The molecule has 1 amide bonds. The maximum Gasteiger partial charge on any atom is 0.258 e. The number of aromatic nitrogens is 2. The third-order valence-electron chi connectivity index (χ3n) is 5.04. The van der Waals surface area contributed by atoms with Crippen molar-refractivity contribution in [3.05, 3.63) is 51.4 Å². The summed E-state index contributed by atoms with van der Waals surface area (Å²) in [5.74, 6) is -0.0377. The smallest absolute Gasteiger partial charge is 0.258 e. The van der Waals surface area contributed by atoms with Gasteiger partial charge in [-0.25, -0.2) is 4.98 Å². The lowest BCUT2D eigenvalue weighted by Gasteiger charge is -2.30. The van der Waals surface area contributed by atoms with Gasteiger partial charge in [-0.15, -0.1) is 0 Å². The molecule has 1 aliphatic carbocycles. The molecule has 0 fully saturated rings. The molecule has 25 heavy (non-hydrogen) atoms. The Hall–Kier alpha value is -2.08. The van der Waals surface area contributed by atoms with Crippen molar-refractivity contribution in [3.63, 3.8) is 0 Å². The van der Waals surface area contributed by atoms with E-state index in [-0.39, 0.29) is 18.0 Å². The van der Waals surface area contributed by atoms with Crippen molar-refractivity contribution in [2.75, 3.05) is 17.7 Å². The monoisotopic (exact) mass is 355 g/mol. The Morgan fingerprint density at radius 1 is 1.20 bits per heavy atom. The third-order valence-corrected chi connectivity index (χ3v) is 5.72. The van der Waals surface area contributed by atoms with Crippen LogP contribution in [0.2, 0.25) is 0 Å². The van der Waals surface area contributed by atoms with Gasteiger partial charge in [-0.3, -0.25) is 14.2 Å². The minimum Gasteiger partial charge on any atom is -0.311 e. The number of amides is 1. The predicted molar refractivity (Wildman–Crippen MR) is 99.4 cm³/mol. The van der Waals surface area contributed by atoms with E-state index in [0.29, 0.717) is 11.7 Å². The number of thioether (sulfide) groups is 1. The van der Waals surface area contributed by atoms with Crippen LogP contribution in [0.5, 0.6) is 0 Å². The summed E-state index contributed by atoms with van der Waals surface area (Å²) >= 11 is 1.43. The first-order valence-corrected chi connectivity index (χ1v) is 9.96. The summed E-state index contributed by atoms with van der Waals surface area (Å²) in [5, 5.41) is 0.643. The molecule has 1 aliphatic heterocycles. The summed E-state index contributed by atoms with van der Waals surface area (Å²) in [6.07, 6.45) is 6.47. The fourth-order valence-electron chi connectivity index (χ4n) is 3.82. The molecule has 2 heterocycles. The number of anilines is 1. The largest absolute Gasteiger partial charge is 0.311 e. The lowest BCUT2D eigenvalue weighted by molar-refractivity contribution is -0.119. The first kappa shape index (κ1) is 16.4. The Morgan fingerprint density at radius 3 is 2.88 bits per heavy atom. The summed E-state index contributed by atoms with van der Waals surface area (Å²) in [6, 6.07) is 8.03. The highest BCUT2D eigenvalue weighted by Gasteiger charge is 2.25. The second-order valence-electron chi connectivity index (χ2n) is 6.55. The molecule has 0 saturated heterocycles. The number of carbonyl (C=O) groups is 1. The van der Waals surface area contributed by atoms with Crippen molar-refractivity contribution in [2.45, 2.75) is 43.8 Å². The number of hydrogen-bond donors (Lipinski definition) is 0. The Labute approximate surface area is 151 Å². The number of hydrogen-bond acceptors (Lipinski definition) is 4. The molecular weight excluding hydrogens is 334 g/mol. The minimum absolute atomic E-state index is 0.0366. The van der Waals surface area contributed by atoms with E-state index in [9.17, 15) is 9.59 Å². The van der Waals surface area contributed by atoms with Crippen molar-refractivity contribution in [2.24, 2.45) is 0 Å². The average Bonchev–Trinajstić information content (AvgIpc) is 3.12. The van der Waals surface area contributed by atoms with Crippen LogP contribution in [0.4, 0.5) is 5.69 Å². The number of carbonyl (C=O) groups excluding carboxylic acids is 1. The number of nitrogens with zero attached hydrogens (tertiary/aromatic N) is 3. The molecule has 0 unspecified atom stereocenters. The highest BCUT2D eigenvalue weighted by atomic mass is 32.2. The Morgan fingerprint density at radius 2 is 2.04 bits per heavy atom. The van der Waals surface area contributed by atoms with E-state index in [1.54, 1.807) is 4.57 Å². The first-order chi connectivity index (χ1) is 12.2. The van der Waals surface area contributed by atoms with Gasteiger partial charge in [-0.2, -0.15) is 0 Å². The maximum atomic E-state index is 13.0. The lowest BCUT2D eigenvalue weighted by Crippen LogP contribution is -2.40. The number of para-hydroxylation sites is 1. The van der Waals surface area contributed by atoms with Crippen LogP contribution in [0.1, 0.15) is 29.7 Å². The zero-order valence-corrected chi connectivity index (χ0v) is 15.1. The van der Waals surface area contributed by atoms with Crippen molar-refractivity contribution in [3.8, 4) is 0 Å². The van der Waals surface area contributed by atoms with Gasteiger partial charge in [0.15, 0.2) is 5.16 Å². The van der Waals surface area contributed by atoms with Crippen LogP contribution >= 0.6 is 11.8 Å². The van der Waals surface area contributed by atoms with Gasteiger partial charge in [0.25, 0.3) is 5.56 Å². The molecule has 130 valence electrons. The van der Waals surface area contributed by atoms with Crippen LogP contribution in [-0.2, 0) is 30.6 Å². The first-order valence-electron chi connectivity index (χ1n) is 8.74. The molecule has 0 bridgehead atoms. The average molecular weight is 355 g/mol. The Bertz CT molecular complexity index is 891. The SMILES string of the molecule is CSc1nc2c(c(=O)n1CC(=O)N1CCCc3ccccc31)CCC2. The quantitative estimate of drug-likeness (QED) is 0.627. The molecule has 2 aromatic rings. The Kier molecular flexibility index (Phi) is 4.37. The molecule has 0 atom stereocenters. The van der Waals surface area contributed by atoms with Gasteiger partial charge in [-0.1, -0.05) is 30.0 Å². The number of rotatable bonds is 3. The van der Waals surface area contributed by atoms with Crippen molar-refractivity contribution >= 4 is 23.4 Å². The molecule has 5 nitrogen and oxygen atoms in total. The molecule has 0 radical (unpaired) electrons. The van der Waals surface area contributed by atoms with Gasteiger partial charge in [-0.05, 0) is 50.0 Å². The molecule has 0 spiro atoms. The second-order valence-corrected chi connectivity index (χ2v) is 7.32. The van der Waals surface area contributed by atoms with Gasteiger partial charge in [0, 0.05) is 17.8 Å². The molecule has 0 saturated carbocycles. The third kappa shape index (κ3) is 2.88. The Balaban J connectivity index is 1.68. The van der Waals surface area contributed by atoms with E-state index < -0.39 is 0 Å². The van der Waals surface area contributed by atoms with Crippen LogP contribution < -0.4 is 10.5 Å². The fraction of sp³-hybridized carbons (Fsp3) is 0.421. The summed E-state index contributed by atoms with van der Waals surface area (Å²) in [5.41, 5.74) is 3.86. The van der Waals surface area contributed by atoms with E-state index in [1.807, 2.05) is 29.4 Å². The van der Waals surface area contributed by atoms with Crippen LogP contribution in [0, 0.1) is 0 Å². The number of fused-ring (bicyclic) bond motifs is 2. The summed E-state index contributed by atoms with van der Waals surface area (Å²) in [7, 11) is 0. The van der Waals surface area contributed by atoms with Gasteiger partial charge in [0.1, 0.15) is 6.54 Å². The molecule has 6 heteroatoms. The van der Waals surface area contributed by atoms with Gasteiger partial charge >= 0.3 is 0 Å². The molecule has 2 aliphatic rings. The van der Waals surface area contributed by atoms with E-state index in [1.165, 1.54) is 17.3 Å². The highest BCUT2D eigenvalue weighted by Crippen LogP contribution is 2.27. The highest BCUT2D eigenvalue weighted by molar-refractivity contribution is 7.98.